The molecule has 1 aliphatic heterocycles. The molecule has 1 aromatic carbocycles. The molecular weight excluding hydrogens is 352 g/mol. The third-order valence-corrected chi connectivity index (χ3v) is 4.50. The fraction of sp³-hybridized carbons (Fsp3) is 0.250. The van der Waals surface area contributed by atoms with Gasteiger partial charge in [-0.3, -0.25) is 4.79 Å². The lowest BCUT2D eigenvalue weighted by atomic mass is 10.1. The van der Waals surface area contributed by atoms with Crippen LogP contribution in [0.5, 0.6) is 0 Å². The summed E-state index contributed by atoms with van der Waals surface area (Å²) in [6.45, 7) is 2.76. The van der Waals surface area contributed by atoms with E-state index in [-0.39, 0.29) is 12.3 Å². The fourth-order valence-electron chi connectivity index (χ4n) is 2.78. The summed E-state index contributed by atoms with van der Waals surface area (Å²) in [5, 5.41) is 0.401. The molecule has 0 saturated carbocycles. The molecule has 0 bridgehead atoms. The lowest BCUT2D eigenvalue weighted by Crippen LogP contribution is -2.31. The van der Waals surface area contributed by atoms with E-state index >= 15 is 0 Å². The van der Waals surface area contributed by atoms with E-state index in [1.807, 2.05) is 24.0 Å². The van der Waals surface area contributed by atoms with Crippen molar-refractivity contribution >= 4 is 39.1 Å². The topological polar surface area (TPSA) is 33.2 Å². The molecule has 1 aromatic heterocycles. The van der Waals surface area contributed by atoms with Gasteiger partial charge in [-0.2, -0.15) is 0 Å². The van der Waals surface area contributed by atoms with Crippen LogP contribution in [0.2, 0.25) is 5.15 Å². The summed E-state index contributed by atoms with van der Waals surface area (Å²) in [6.07, 6.45) is 2.80. The summed E-state index contributed by atoms with van der Waals surface area (Å²) in [5.41, 5.74) is 4.14. The second-order valence-corrected chi connectivity index (χ2v) is 6.43. The highest BCUT2D eigenvalue weighted by Crippen LogP contribution is 2.34. The molecule has 0 radical (unpaired) electrons. The van der Waals surface area contributed by atoms with E-state index in [0.717, 1.165) is 34.3 Å². The standard InChI is InChI=1S/C16H14BrClN2O/c1-10-7-13(17)8-11-4-6-20(15(10)11)14(21)9-12-3-2-5-19-16(12)18/h2-3,5,7-8H,4,6,9H2,1H3. The van der Waals surface area contributed by atoms with Gasteiger partial charge < -0.3 is 4.90 Å². The number of halogens is 2. The average molecular weight is 366 g/mol. The van der Waals surface area contributed by atoms with Crippen molar-refractivity contribution in [3.05, 3.63) is 56.8 Å². The van der Waals surface area contributed by atoms with Crippen LogP contribution in [0.4, 0.5) is 5.69 Å². The molecule has 3 rings (SSSR count). The number of rotatable bonds is 2. The summed E-state index contributed by atoms with van der Waals surface area (Å²) < 4.78 is 1.06. The first-order valence-electron chi connectivity index (χ1n) is 6.75. The van der Waals surface area contributed by atoms with Gasteiger partial charge in [0.2, 0.25) is 5.91 Å². The highest BCUT2D eigenvalue weighted by molar-refractivity contribution is 9.10. The Kier molecular flexibility index (Phi) is 4.00. The van der Waals surface area contributed by atoms with Crippen LogP contribution >= 0.6 is 27.5 Å². The molecule has 1 aliphatic rings. The average Bonchev–Trinajstić information content (AvgIpc) is 2.85. The van der Waals surface area contributed by atoms with Gasteiger partial charge in [-0.1, -0.05) is 33.6 Å². The molecule has 0 saturated heterocycles. The summed E-state index contributed by atoms with van der Waals surface area (Å²) in [4.78, 5) is 18.5. The van der Waals surface area contributed by atoms with E-state index in [1.54, 1.807) is 12.3 Å². The van der Waals surface area contributed by atoms with Crippen molar-refractivity contribution in [2.75, 3.05) is 11.4 Å². The zero-order valence-corrected chi connectivity index (χ0v) is 13.9. The minimum atomic E-state index is 0.0640. The third-order valence-electron chi connectivity index (χ3n) is 3.70. The highest BCUT2D eigenvalue weighted by Gasteiger charge is 2.27. The Morgan fingerprint density at radius 2 is 2.29 bits per heavy atom. The molecule has 2 aromatic rings. The van der Waals surface area contributed by atoms with Crippen LogP contribution in [0.25, 0.3) is 0 Å². The van der Waals surface area contributed by atoms with Crippen molar-refractivity contribution in [1.82, 2.24) is 4.98 Å². The quantitative estimate of drug-likeness (QED) is 0.755. The van der Waals surface area contributed by atoms with Crippen LogP contribution in [0.1, 0.15) is 16.7 Å². The minimum absolute atomic E-state index is 0.0640. The zero-order chi connectivity index (χ0) is 15.0. The SMILES string of the molecule is Cc1cc(Br)cc2c1N(C(=O)Cc1cccnc1Cl)CC2. The lowest BCUT2D eigenvalue weighted by molar-refractivity contribution is -0.117. The van der Waals surface area contributed by atoms with E-state index in [4.69, 9.17) is 11.6 Å². The van der Waals surface area contributed by atoms with Crippen LogP contribution in [0.3, 0.4) is 0 Å². The molecule has 0 aliphatic carbocycles. The van der Waals surface area contributed by atoms with Crippen molar-refractivity contribution in [1.29, 1.82) is 0 Å². The molecule has 5 heteroatoms. The molecule has 0 unspecified atom stereocenters. The number of fused-ring (bicyclic) bond motifs is 1. The zero-order valence-electron chi connectivity index (χ0n) is 11.6. The molecule has 0 fully saturated rings. The van der Waals surface area contributed by atoms with Gasteiger partial charge in [-0.25, -0.2) is 4.98 Å². The van der Waals surface area contributed by atoms with Gasteiger partial charge in [-0.05, 0) is 48.2 Å². The third kappa shape index (κ3) is 2.83. The molecule has 21 heavy (non-hydrogen) atoms. The Morgan fingerprint density at radius 1 is 1.48 bits per heavy atom. The van der Waals surface area contributed by atoms with Gasteiger partial charge in [0.05, 0.1) is 6.42 Å². The first kappa shape index (κ1) is 14.5. The number of hydrogen-bond donors (Lipinski definition) is 0. The predicted octanol–water partition coefficient (Wildman–Crippen LogP) is 3.94. The van der Waals surface area contributed by atoms with Crippen LogP contribution in [-0.2, 0) is 17.6 Å². The second kappa shape index (κ2) is 5.78. The van der Waals surface area contributed by atoms with Crippen molar-refractivity contribution < 1.29 is 4.79 Å². The number of amides is 1. The first-order chi connectivity index (χ1) is 10.1. The monoisotopic (exact) mass is 364 g/mol. The van der Waals surface area contributed by atoms with Gasteiger partial charge in [0.1, 0.15) is 5.15 Å². The maximum Gasteiger partial charge on any atom is 0.231 e. The number of aromatic nitrogens is 1. The number of carbonyl (C=O) groups excluding carboxylic acids is 1. The minimum Gasteiger partial charge on any atom is -0.311 e. The Labute approximate surface area is 137 Å². The van der Waals surface area contributed by atoms with E-state index in [2.05, 4.69) is 27.0 Å². The van der Waals surface area contributed by atoms with Crippen molar-refractivity contribution in [3.8, 4) is 0 Å². The van der Waals surface area contributed by atoms with Crippen molar-refractivity contribution in [2.45, 2.75) is 19.8 Å². The van der Waals surface area contributed by atoms with Crippen LogP contribution < -0.4 is 4.90 Å². The maximum absolute atomic E-state index is 12.6. The Hall–Kier alpha value is -1.39. The van der Waals surface area contributed by atoms with E-state index in [1.165, 1.54) is 5.56 Å². The Bertz CT molecular complexity index is 717. The van der Waals surface area contributed by atoms with Crippen molar-refractivity contribution in [2.24, 2.45) is 0 Å². The molecule has 3 nitrogen and oxygen atoms in total. The smallest absolute Gasteiger partial charge is 0.231 e. The summed E-state index contributed by atoms with van der Waals surface area (Å²) in [7, 11) is 0. The van der Waals surface area contributed by atoms with Gasteiger partial charge >= 0.3 is 0 Å². The fourth-order valence-corrected chi connectivity index (χ4v) is 3.59. The van der Waals surface area contributed by atoms with E-state index in [0.29, 0.717) is 5.15 Å². The number of aryl methyl sites for hydroxylation is 1. The summed E-state index contributed by atoms with van der Waals surface area (Å²) in [6, 6.07) is 7.78. The van der Waals surface area contributed by atoms with E-state index < -0.39 is 0 Å². The van der Waals surface area contributed by atoms with Crippen molar-refractivity contribution in [3.63, 3.8) is 0 Å². The molecule has 1 amide bonds. The molecule has 0 spiro atoms. The Balaban J connectivity index is 1.88. The van der Waals surface area contributed by atoms with E-state index in [9.17, 15) is 4.79 Å². The highest BCUT2D eigenvalue weighted by atomic mass is 79.9. The van der Waals surface area contributed by atoms with Crippen LogP contribution in [0, 0.1) is 6.92 Å². The molecule has 2 heterocycles. The second-order valence-electron chi connectivity index (χ2n) is 5.16. The molecule has 0 atom stereocenters. The number of hydrogen-bond acceptors (Lipinski definition) is 2. The summed E-state index contributed by atoms with van der Waals surface area (Å²) >= 11 is 9.55. The Morgan fingerprint density at radius 3 is 3.05 bits per heavy atom. The van der Waals surface area contributed by atoms with Gasteiger partial charge in [0.25, 0.3) is 0 Å². The van der Waals surface area contributed by atoms with Crippen LogP contribution in [0.15, 0.2) is 34.9 Å². The summed E-state index contributed by atoms with van der Waals surface area (Å²) in [5.74, 6) is 0.0640. The first-order valence-corrected chi connectivity index (χ1v) is 7.92. The maximum atomic E-state index is 12.6. The number of benzene rings is 1. The normalized spacial score (nSPS) is 13.4. The predicted molar refractivity (Wildman–Crippen MR) is 87.9 cm³/mol. The number of anilines is 1. The number of pyridine rings is 1. The lowest BCUT2D eigenvalue weighted by Gasteiger charge is -2.19. The van der Waals surface area contributed by atoms with Gasteiger partial charge in [0, 0.05) is 22.9 Å². The van der Waals surface area contributed by atoms with Crippen LogP contribution in [-0.4, -0.2) is 17.4 Å². The van der Waals surface area contributed by atoms with Gasteiger partial charge in [-0.15, -0.1) is 0 Å². The number of carbonyl (C=O) groups is 1. The molecular formula is C16H14BrClN2O. The molecule has 0 N–H and O–H groups in total. The number of nitrogens with zero attached hydrogens (tertiary/aromatic N) is 2. The molecule has 108 valence electrons. The van der Waals surface area contributed by atoms with Gasteiger partial charge in [0.15, 0.2) is 0 Å². The largest absolute Gasteiger partial charge is 0.311 e.